The molecule has 5 heterocycles. The highest BCUT2D eigenvalue weighted by Gasteiger charge is 2.27. The van der Waals surface area contributed by atoms with Gasteiger partial charge in [-0.15, -0.1) is 24.8 Å². The highest BCUT2D eigenvalue weighted by atomic mass is 35.5. The summed E-state index contributed by atoms with van der Waals surface area (Å²) in [5, 5.41) is 1.48. The first-order valence-corrected chi connectivity index (χ1v) is 11.8. The molecular formula is C25H24Cl3N7O2. The number of pyridine rings is 1. The quantitative estimate of drug-likeness (QED) is 0.349. The van der Waals surface area contributed by atoms with Gasteiger partial charge in [0.1, 0.15) is 18.5 Å². The van der Waals surface area contributed by atoms with Crippen LogP contribution >= 0.6 is 36.4 Å². The maximum atomic E-state index is 13.2. The zero-order valence-corrected chi connectivity index (χ0v) is 22.0. The Bertz CT molecular complexity index is 1620. The zero-order valence-electron chi connectivity index (χ0n) is 19.6. The molecule has 0 atom stereocenters. The lowest BCUT2D eigenvalue weighted by Gasteiger charge is -2.32. The normalized spacial score (nSPS) is 13.9. The van der Waals surface area contributed by atoms with Gasteiger partial charge in [-0.25, -0.2) is 19.7 Å². The summed E-state index contributed by atoms with van der Waals surface area (Å²) < 4.78 is 3.64. The third-order valence-electron chi connectivity index (χ3n) is 6.68. The Morgan fingerprint density at radius 3 is 2.62 bits per heavy atom. The van der Waals surface area contributed by atoms with E-state index in [0.717, 1.165) is 22.0 Å². The van der Waals surface area contributed by atoms with Gasteiger partial charge in [0.05, 0.1) is 5.52 Å². The monoisotopic (exact) mass is 559 g/mol. The van der Waals surface area contributed by atoms with Crippen LogP contribution in [0.2, 0.25) is 5.02 Å². The maximum absolute atomic E-state index is 13.2. The fourth-order valence-electron chi connectivity index (χ4n) is 4.98. The van der Waals surface area contributed by atoms with E-state index in [9.17, 15) is 9.59 Å². The van der Waals surface area contributed by atoms with Crippen LogP contribution in [-0.2, 0) is 11.3 Å². The first kappa shape index (κ1) is 26.7. The molecule has 1 saturated heterocycles. The zero-order chi connectivity index (χ0) is 23.9. The van der Waals surface area contributed by atoms with Crippen LogP contribution in [0.5, 0.6) is 0 Å². The van der Waals surface area contributed by atoms with Gasteiger partial charge in [-0.05, 0) is 31.0 Å². The minimum absolute atomic E-state index is 0. The van der Waals surface area contributed by atoms with Gasteiger partial charge in [-0.3, -0.25) is 14.3 Å². The molecule has 1 N–H and O–H groups in total. The summed E-state index contributed by atoms with van der Waals surface area (Å²) in [7, 11) is 0. The number of aromatic nitrogens is 6. The number of imidazole rings is 1. The molecule has 1 amide bonds. The molecule has 0 aliphatic carbocycles. The molecule has 192 valence electrons. The van der Waals surface area contributed by atoms with Crippen LogP contribution < -0.4 is 5.69 Å². The topological polar surface area (TPSA) is 102 Å². The highest BCUT2D eigenvalue weighted by Crippen LogP contribution is 2.34. The van der Waals surface area contributed by atoms with E-state index in [-0.39, 0.29) is 49.0 Å². The Kier molecular flexibility index (Phi) is 7.87. The smallest absolute Gasteiger partial charge is 0.327 e. The number of benzene rings is 1. The van der Waals surface area contributed by atoms with Gasteiger partial charge in [0.25, 0.3) is 0 Å². The van der Waals surface area contributed by atoms with Gasteiger partial charge in [-0.2, -0.15) is 0 Å². The van der Waals surface area contributed by atoms with Gasteiger partial charge in [-0.1, -0.05) is 29.8 Å². The fraction of sp³-hybridized carbons (Fsp3) is 0.240. The molecule has 6 rings (SSSR count). The molecule has 0 radical (unpaired) electrons. The van der Waals surface area contributed by atoms with Crippen molar-refractivity contribution in [1.29, 1.82) is 0 Å². The van der Waals surface area contributed by atoms with Crippen molar-refractivity contribution in [3.05, 3.63) is 76.8 Å². The number of fused-ring (bicyclic) bond motifs is 2. The Balaban J connectivity index is 0.00000160. The van der Waals surface area contributed by atoms with E-state index < -0.39 is 0 Å². The minimum atomic E-state index is -0.158. The van der Waals surface area contributed by atoms with Crippen molar-refractivity contribution >= 4 is 64.5 Å². The van der Waals surface area contributed by atoms with Gasteiger partial charge in [0.15, 0.2) is 5.65 Å². The number of nitrogens with one attached hydrogen (secondary N) is 1. The largest absolute Gasteiger partial charge is 0.341 e. The number of hydrogen-bond acceptors (Lipinski definition) is 5. The molecule has 0 saturated carbocycles. The molecule has 1 aliphatic rings. The average molecular weight is 561 g/mol. The van der Waals surface area contributed by atoms with Crippen LogP contribution in [0.15, 0.2) is 66.1 Å². The number of H-pyrrole nitrogens is 1. The van der Waals surface area contributed by atoms with Crippen molar-refractivity contribution in [2.45, 2.75) is 25.4 Å². The molecule has 1 aromatic carbocycles. The summed E-state index contributed by atoms with van der Waals surface area (Å²) >= 11 is 6.44. The van der Waals surface area contributed by atoms with Gasteiger partial charge in [0.2, 0.25) is 5.91 Å². The molecule has 4 aromatic heterocycles. The Hall–Kier alpha value is -3.40. The van der Waals surface area contributed by atoms with Crippen LogP contribution in [0.3, 0.4) is 0 Å². The van der Waals surface area contributed by atoms with Crippen LogP contribution in [0.1, 0.15) is 18.9 Å². The number of likely N-dealkylation sites (tertiary alicyclic amines) is 1. The predicted molar refractivity (Wildman–Crippen MR) is 148 cm³/mol. The number of piperidine rings is 1. The molecular weight excluding hydrogens is 537 g/mol. The summed E-state index contributed by atoms with van der Waals surface area (Å²) in [6.45, 7) is 1.32. The second kappa shape index (κ2) is 10.9. The van der Waals surface area contributed by atoms with Gasteiger partial charge in [0, 0.05) is 59.3 Å². The van der Waals surface area contributed by atoms with Crippen molar-refractivity contribution < 1.29 is 4.79 Å². The maximum Gasteiger partial charge on any atom is 0.327 e. The molecule has 0 spiro atoms. The summed E-state index contributed by atoms with van der Waals surface area (Å²) in [6.07, 6.45) is 8.22. The molecule has 5 aromatic rings. The molecule has 37 heavy (non-hydrogen) atoms. The lowest BCUT2D eigenvalue weighted by atomic mass is 10.0. The van der Waals surface area contributed by atoms with E-state index in [0.29, 0.717) is 42.2 Å². The van der Waals surface area contributed by atoms with Gasteiger partial charge < -0.3 is 9.47 Å². The molecule has 1 fully saturated rings. The van der Waals surface area contributed by atoms with Gasteiger partial charge >= 0.3 is 5.69 Å². The van der Waals surface area contributed by atoms with Crippen LogP contribution in [0, 0.1) is 0 Å². The minimum Gasteiger partial charge on any atom is -0.341 e. The second-order valence-corrected chi connectivity index (χ2v) is 9.10. The van der Waals surface area contributed by atoms with Crippen LogP contribution in [0.4, 0.5) is 0 Å². The standard InChI is InChI=1S/C25H22ClN7O2.2ClH/c26-20-5-2-1-4-17(20)19-13-32(24-18(19)12-27-15-29-24)14-22(34)31-10-7-16(8-11-31)33-21-6-3-9-28-23(21)30-25(33)35;;/h1-6,9,12-13,15-16H,7-8,10-11,14H2,(H,28,30,35);2*1H. The van der Waals surface area contributed by atoms with E-state index in [1.54, 1.807) is 17.0 Å². The lowest BCUT2D eigenvalue weighted by Crippen LogP contribution is -2.41. The third-order valence-corrected chi connectivity index (χ3v) is 7.01. The number of rotatable bonds is 4. The number of carbonyl (C=O) groups excluding carboxylic acids is 1. The highest BCUT2D eigenvalue weighted by molar-refractivity contribution is 6.33. The molecule has 0 bridgehead atoms. The number of halogens is 3. The lowest BCUT2D eigenvalue weighted by molar-refractivity contribution is -0.133. The first-order chi connectivity index (χ1) is 17.1. The van der Waals surface area contributed by atoms with E-state index >= 15 is 0 Å². The number of nitrogens with zero attached hydrogens (tertiary/aromatic N) is 6. The Morgan fingerprint density at radius 2 is 1.84 bits per heavy atom. The third kappa shape index (κ3) is 4.82. The average Bonchev–Trinajstić information content (AvgIpc) is 3.41. The van der Waals surface area contributed by atoms with E-state index in [1.165, 1.54) is 6.33 Å². The molecule has 0 unspecified atom stereocenters. The second-order valence-electron chi connectivity index (χ2n) is 8.69. The molecule has 9 nitrogen and oxygen atoms in total. The predicted octanol–water partition coefficient (Wildman–Crippen LogP) is 4.50. The fourth-order valence-corrected chi connectivity index (χ4v) is 5.22. The van der Waals surface area contributed by atoms with E-state index in [4.69, 9.17) is 11.6 Å². The first-order valence-electron chi connectivity index (χ1n) is 11.5. The summed E-state index contributed by atoms with van der Waals surface area (Å²) in [4.78, 5) is 43.3. The number of amides is 1. The summed E-state index contributed by atoms with van der Waals surface area (Å²) in [5.41, 5.74) is 3.69. The number of carbonyl (C=O) groups is 1. The van der Waals surface area contributed by atoms with Crippen molar-refractivity contribution in [1.82, 2.24) is 34.0 Å². The van der Waals surface area contributed by atoms with E-state index in [2.05, 4.69) is 19.9 Å². The van der Waals surface area contributed by atoms with Crippen molar-refractivity contribution in [3.8, 4) is 11.1 Å². The van der Waals surface area contributed by atoms with E-state index in [1.807, 2.05) is 52.1 Å². The Labute approximate surface area is 229 Å². The van der Waals surface area contributed by atoms with Crippen molar-refractivity contribution in [3.63, 3.8) is 0 Å². The Morgan fingerprint density at radius 1 is 1.05 bits per heavy atom. The SMILES string of the molecule is Cl.Cl.O=C(Cn1cc(-c2ccccc2Cl)c2cncnc21)N1CCC(n2c(=O)[nH]c3ncccc32)CC1. The van der Waals surface area contributed by atoms with Crippen LogP contribution in [0.25, 0.3) is 33.3 Å². The molecule has 1 aliphatic heterocycles. The summed E-state index contributed by atoms with van der Waals surface area (Å²) in [6, 6.07) is 11.3. The summed E-state index contributed by atoms with van der Waals surface area (Å²) in [5.74, 6) is 0.0117. The van der Waals surface area contributed by atoms with Crippen molar-refractivity contribution in [2.24, 2.45) is 0 Å². The van der Waals surface area contributed by atoms with Crippen LogP contribution in [-0.4, -0.2) is 53.0 Å². The number of aromatic amines is 1. The van der Waals surface area contributed by atoms with Crippen molar-refractivity contribution in [2.75, 3.05) is 13.1 Å². The molecule has 12 heteroatoms. The number of hydrogen-bond donors (Lipinski definition) is 1.